The Morgan fingerprint density at radius 3 is 2.52 bits per heavy atom. The van der Waals surface area contributed by atoms with Gasteiger partial charge >= 0.3 is 6.03 Å². The van der Waals surface area contributed by atoms with Crippen LogP contribution in [-0.4, -0.2) is 34.7 Å². The molecule has 1 aliphatic carbocycles. The number of carbonyl (C=O) groups is 3. The molecule has 0 radical (unpaired) electrons. The SMILES string of the molecule is Cc1cc(C)c(C(=O)CN2C(=O)N[C@@]3(CCCC[C@H]3C)C2=O)cc1C. The number of nitrogens with zero attached hydrogens (tertiary/aromatic N) is 1. The van der Waals surface area contributed by atoms with Crippen molar-refractivity contribution in [1.82, 2.24) is 10.2 Å². The molecule has 0 unspecified atom stereocenters. The van der Waals surface area contributed by atoms with E-state index < -0.39 is 11.6 Å². The van der Waals surface area contributed by atoms with E-state index >= 15 is 0 Å². The number of rotatable bonds is 3. The Kier molecular flexibility index (Phi) is 4.43. The lowest BCUT2D eigenvalue weighted by Gasteiger charge is -2.36. The number of amides is 3. The Labute approximate surface area is 148 Å². The number of aryl methyl sites for hydroxylation is 3. The van der Waals surface area contributed by atoms with E-state index in [4.69, 9.17) is 0 Å². The van der Waals surface area contributed by atoms with Gasteiger partial charge in [-0.3, -0.25) is 14.5 Å². The highest BCUT2D eigenvalue weighted by Gasteiger charge is 2.55. The molecule has 25 heavy (non-hydrogen) atoms. The number of ketones is 1. The number of Topliss-reactive ketones (excluding diaryl/α,β-unsaturated/α-hetero) is 1. The number of benzene rings is 1. The number of nitrogens with one attached hydrogen (secondary N) is 1. The van der Waals surface area contributed by atoms with Crippen LogP contribution in [-0.2, 0) is 4.79 Å². The molecule has 1 saturated carbocycles. The van der Waals surface area contributed by atoms with Gasteiger partial charge in [0.25, 0.3) is 5.91 Å². The second kappa shape index (κ2) is 6.28. The number of hydrogen-bond acceptors (Lipinski definition) is 3. The molecular formula is C20H26N2O3. The quantitative estimate of drug-likeness (QED) is 0.677. The molecule has 2 atom stereocenters. The van der Waals surface area contributed by atoms with Crippen molar-refractivity contribution in [2.45, 2.75) is 58.9 Å². The van der Waals surface area contributed by atoms with Crippen LogP contribution in [0.5, 0.6) is 0 Å². The van der Waals surface area contributed by atoms with Gasteiger partial charge in [0, 0.05) is 5.56 Å². The van der Waals surface area contributed by atoms with E-state index in [1.165, 1.54) is 0 Å². The average Bonchev–Trinajstić information content (AvgIpc) is 2.79. The minimum atomic E-state index is -0.812. The van der Waals surface area contributed by atoms with Gasteiger partial charge in [-0.1, -0.05) is 25.8 Å². The largest absolute Gasteiger partial charge is 0.325 e. The Bertz CT molecular complexity index is 756. The Balaban J connectivity index is 1.83. The molecule has 0 aromatic heterocycles. The summed E-state index contributed by atoms with van der Waals surface area (Å²) in [4.78, 5) is 39.2. The van der Waals surface area contributed by atoms with Crippen LogP contribution in [0.4, 0.5) is 4.79 Å². The molecule has 1 aromatic carbocycles. The second-order valence-corrected chi connectivity index (χ2v) is 7.61. The molecule has 3 rings (SSSR count). The lowest BCUT2D eigenvalue weighted by molar-refractivity contribution is -0.133. The summed E-state index contributed by atoms with van der Waals surface area (Å²) in [5.74, 6) is -0.328. The van der Waals surface area contributed by atoms with Crippen LogP contribution in [0.1, 0.15) is 59.7 Å². The van der Waals surface area contributed by atoms with Crippen molar-refractivity contribution in [3.8, 4) is 0 Å². The maximum absolute atomic E-state index is 13.0. The molecule has 2 fully saturated rings. The third-order valence-corrected chi connectivity index (χ3v) is 5.94. The molecule has 5 nitrogen and oxygen atoms in total. The maximum Gasteiger partial charge on any atom is 0.325 e. The molecule has 134 valence electrons. The van der Waals surface area contributed by atoms with Gasteiger partial charge in [-0.25, -0.2) is 4.79 Å². The molecular weight excluding hydrogens is 316 g/mol. The summed E-state index contributed by atoms with van der Waals surface area (Å²) >= 11 is 0. The third kappa shape index (κ3) is 2.86. The van der Waals surface area contributed by atoms with E-state index in [0.29, 0.717) is 12.0 Å². The van der Waals surface area contributed by atoms with Gasteiger partial charge in [0.2, 0.25) is 0 Å². The first-order valence-corrected chi connectivity index (χ1v) is 9.01. The standard InChI is InChI=1S/C20H26N2O3/c1-12-9-14(3)16(10-13(12)2)17(23)11-22-18(24)20(21-19(22)25)8-6-5-7-15(20)4/h9-10,15H,5-8,11H2,1-4H3,(H,21,25)/t15-,20-/m1/s1. The lowest BCUT2D eigenvalue weighted by Crippen LogP contribution is -2.54. The van der Waals surface area contributed by atoms with Crippen molar-refractivity contribution in [2.24, 2.45) is 5.92 Å². The predicted octanol–water partition coefficient (Wildman–Crippen LogP) is 3.30. The van der Waals surface area contributed by atoms with Gasteiger partial charge in [0.05, 0.1) is 6.54 Å². The monoisotopic (exact) mass is 342 g/mol. The van der Waals surface area contributed by atoms with Crippen molar-refractivity contribution in [1.29, 1.82) is 0 Å². The number of imide groups is 1. The molecule has 1 saturated heterocycles. The topological polar surface area (TPSA) is 66.5 Å². The molecule has 0 bridgehead atoms. The zero-order chi connectivity index (χ0) is 18.4. The van der Waals surface area contributed by atoms with E-state index in [1.54, 1.807) is 0 Å². The van der Waals surface area contributed by atoms with Gasteiger partial charge in [0.15, 0.2) is 5.78 Å². The fourth-order valence-electron chi connectivity index (χ4n) is 4.13. The first kappa shape index (κ1) is 17.6. The van der Waals surface area contributed by atoms with E-state index in [1.807, 2.05) is 39.8 Å². The van der Waals surface area contributed by atoms with Gasteiger partial charge in [-0.05, 0) is 62.3 Å². The van der Waals surface area contributed by atoms with Gasteiger partial charge in [0.1, 0.15) is 5.54 Å². The highest BCUT2D eigenvalue weighted by molar-refractivity contribution is 6.11. The second-order valence-electron chi connectivity index (χ2n) is 7.61. The molecule has 1 aromatic rings. The summed E-state index contributed by atoms with van der Waals surface area (Å²) in [7, 11) is 0. The average molecular weight is 342 g/mol. The summed E-state index contributed by atoms with van der Waals surface area (Å²) in [6.07, 6.45) is 3.58. The van der Waals surface area contributed by atoms with E-state index in [0.717, 1.165) is 40.9 Å². The van der Waals surface area contributed by atoms with Crippen LogP contribution < -0.4 is 5.32 Å². The molecule has 2 aliphatic rings. The fraction of sp³-hybridized carbons (Fsp3) is 0.550. The van der Waals surface area contributed by atoms with Crippen LogP contribution in [0.25, 0.3) is 0 Å². The van der Waals surface area contributed by atoms with Crippen LogP contribution in [0.15, 0.2) is 12.1 Å². The molecule has 3 amide bonds. The van der Waals surface area contributed by atoms with Crippen molar-refractivity contribution in [3.63, 3.8) is 0 Å². The normalized spacial score (nSPS) is 26.2. The lowest BCUT2D eigenvalue weighted by atomic mass is 9.73. The fourth-order valence-corrected chi connectivity index (χ4v) is 4.13. The Morgan fingerprint density at radius 1 is 1.16 bits per heavy atom. The van der Waals surface area contributed by atoms with Gasteiger partial charge < -0.3 is 5.32 Å². The summed E-state index contributed by atoms with van der Waals surface area (Å²) in [6.45, 7) is 7.66. The predicted molar refractivity (Wildman–Crippen MR) is 95.6 cm³/mol. The van der Waals surface area contributed by atoms with Gasteiger partial charge in [-0.15, -0.1) is 0 Å². The van der Waals surface area contributed by atoms with E-state index in [2.05, 4.69) is 5.32 Å². The van der Waals surface area contributed by atoms with Crippen LogP contribution in [0.3, 0.4) is 0 Å². The van der Waals surface area contributed by atoms with Crippen molar-refractivity contribution >= 4 is 17.7 Å². The smallest absolute Gasteiger partial charge is 0.323 e. The van der Waals surface area contributed by atoms with Crippen molar-refractivity contribution in [2.75, 3.05) is 6.54 Å². The molecule has 1 heterocycles. The maximum atomic E-state index is 13.0. The first-order valence-electron chi connectivity index (χ1n) is 9.01. The van der Waals surface area contributed by atoms with Crippen molar-refractivity contribution < 1.29 is 14.4 Å². The minimum Gasteiger partial charge on any atom is -0.323 e. The molecule has 1 spiro atoms. The number of urea groups is 1. The van der Waals surface area contributed by atoms with Crippen LogP contribution >= 0.6 is 0 Å². The molecule has 5 heteroatoms. The van der Waals surface area contributed by atoms with Crippen molar-refractivity contribution in [3.05, 3.63) is 34.4 Å². The van der Waals surface area contributed by atoms with Crippen LogP contribution in [0.2, 0.25) is 0 Å². The summed E-state index contributed by atoms with van der Waals surface area (Å²) < 4.78 is 0. The Hall–Kier alpha value is -2.17. The summed E-state index contributed by atoms with van der Waals surface area (Å²) in [6, 6.07) is 3.39. The number of hydrogen-bond donors (Lipinski definition) is 1. The van der Waals surface area contributed by atoms with E-state index in [-0.39, 0.29) is 24.2 Å². The summed E-state index contributed by atoms with van der Waals surface area (Å²) in [5.41, 5.74) is 2.80. The van der Waals surface area contributed by atoms with E-state index in [9.17, 15) is 14.4 Å². The van der Waals surface area contributed by atoms with Gasteiger partial charge in [-0.2, -0.15) is 0 Å². The zero-order valence-electron chi connectivity index (χ0n) is 15.4. The molecule has 1 aliphatic heterocycles. The minimum absolute atomic E-state index is 0.0983. The third-order valence-electron chi connectivity index (χ3n) is 5.94. The summed E-state index contributed by atoms with van der Waals surface area (Å²) in [5, 5.41) is 2.90. The van der Waals surface area contributed by atoms with Crippen LogP contribution in [0, 0.1) is 26.7 Å². The first-order chi connectivity index (χ1) is 11.8. The zero-order valence-corrected chi connectivity index (χ0v) is 15.4. The molecule has 1 N–H and O–H groups in total. The highest BCUT2D eigenvalue weighted by atomic mass is 16.2. The highest BCUT2D eigenvalue weighted by Crippen LogP contribution is 2.38. The number of carbonyl (C=O) groups excluding carboxylic acids is 3. The Morgan fingerprint density at radius 2 is 1.84 bits per heavy atom.